The van der Waals surface area contributed by atoms with Crippen LogP contribution in [-0.2, 0) is 16.0 Å². The summed E-state index contributed by atoms with van der Waals surface area (Å²) >= 11 is 1.64. The third-order valence-corrected chi connectivity index (χ3v) is 7.22. The SMILES string of the molecule is COc1ccc(CCC(OC(=O)C2CCCCN2SC)c2cccc(C(C)C)c2)cc1OC. The molecule has 0 aromatic heterocycles. The highest BCUT2D eigenvalue weighted by molar-refractivity contribution is 7.96. The second-order valence-electron chi connectivity index (χ2n) is 8.81. The van der Waals surface area contributed by atoms with E-state index >= 15 is 0 Å². The molecule has 6 heteroatoms. The predicted molar refractivity (Wildman–Crippen MR) is 135 cm³/mol. The Hall–Kier alpha value is -2.18. The second-order valence-corrected chi connectivity index (χ2v) is 9.65. The van der Waals surface area contributed by atoms with Gasteiger partial charge in [-0.25, -0.2) is 4.31 Å². The molecule has 0 bridgehead atoms. The number of carbonyl (C=O) groups is 1. The lowest BCUT2D eigenvalue weighted by molar-refractivity contribution is -0.155. The molecule has 2 atom stereocenters. The summed E-state index contributed by atoms with van der Waals surface area (Å²) in [5.41, 5.74) is 3.43. The Balaban J connectivity index is 1.81. The Bertz CT molecular complexity index is 917. The summed E-state index contributed by atoms with van der Waals surface area (Å²) in [6.45, 7) is 5.30. The van der Waals surface area contributed by atoms with Crippen LogP contribution in [-0.4, -0.2) is 43.3 Å². The Kier molecular flexibility index (Phi) is 9.51. The number of piperidine rings is 1. The zero-order valence-corrected chi connectivity index (χ0v) is 21.3. The molecular formula is C27H37NO4S. The fourth-order valence-electron chi connectivity index (χ4n) is 4.32. The number of hydrogen-bond donors (Lipinski definition) is 0. The molecule has 33 heavy (non-hydrogen) atoms. The van der Waals surface area contributed by atoms with Crippen molar-refractivity contribution >= 4 is 17.9 Å². The number of esters is 1. The van der Waals surface area contributed by atoms with Gasteiger partial charge in [-0.2, -0.15) is 0 Å². The largest absolute Gasteiger partial charge is 0.493 e. The lowest BCUT2D eigenvalue weighted by Crippen LogP contribution is -2.41. The molecule has 2 aromatic rings. The van der Waals surface area contributed by atoms with E-state index in [1.807, 2.05) is 24.5 Å². The molecule has 2 unspecified atom stereocenters. The molecule has 1 aliphatic heterocycles. The standard InChI is InChI=1S/C27H37NO4S/c1-19(2)21-9-8-10-22(18-21)24(32-27(29)23-11-6-7-16-28(23)33-5)14-12-20-13-15-25(30-3)26(17-20)31-4/h8-10,13,15,17-19,23-24H,6-7,11-12,14,16H2,1-5H3. The van der Waals surface area contributed by atoms with Crippen molar-refractivity contribution in [3.63, 3.8) is 0 Å². The average molecular weight is 472 g/mol. The van der Waals surface area contributed by atoms with Crippen molar-refractivity contribution in [3.8, 4) is 11.5 Å². The van der Waals surface area contributed by atoms with Gasteiger partial charge in [-0.15, -0.1) is 0 Å². The van der Waals surface area contributed by atoms with E-state index in [4.69, 9.17) is 14.2 Å². The summed E-state index contributed by atoms with van der Waals surface area (Å²) < 4.78 is 19.2. The van der Waals surface area contributed by atoms with Crippen molar-refractivity contribution in [2.24, 2.45) is 0 Å². The van der Waals surface area contributed by atoms with Crippen LogP contribution >= 0.6 is 11.9 Å². The fraction of sp³-hybridized carbons (Fsp3) is 0.519. The number of benzene rings is 2. The van der Waals surface area contributed by atoms with Gasteiger partial charge in [0.25, 0.3) is 0 Å². The van der Waals surface area contributed by atoms with Crippen molar-refractivity contribution in [1.82, 2.24) is 4.31 Å². The molecule has 3 rings (SSSR count). The minimum absolute atomic E-state index is 0.115. The molecule has 0 amide bonds. The van der Waals surface area contributed by atoms with E-state index in [-0.39, 0.29) is 18.1 Å². The maximum atomic E-state index is 13.3. The van der Waals surface area contributed by atoms with Crippen LogP contribution in [0, 0.1) is 0 Å². The molecule has 0 spiro atoms. The van der Waals surface area contributed by atoms with Gasteiger partial charge in [0.15, 0.2) is 11.5 Å². The van der Waals surface area contributed by atoms with Crippen LogP contribution in [0.2, 0.25) is 0 Å². The molecule has 1 heterocycles. The van der Waals surface area contributed by atoms with Crippen LogP contribution in [0.1, 0.15) is 68.2 Å². The highest BCUT2D eigenvalue weighted by atomic mass is 32.2. The molecule has 5 nitrogen and oxygen atoms in total. The third-order valence-electron chi connectivity index (χ3n) is 6.31. The quantitative estimate of drug-likeness (QED) is 0.305. The predicted octanol–water partition coefficient (Wildman–Crippen LogP) is 6.18. The number of rotatable bonds is 10. The summed E-state index contributed by atoms with van der Waals surface area (Å²) in [6, 6.07) is 14.3. The lowest BCUT2D eigenvalue weighted by atomic mass is 9.95. The molecule has 180 valence electrons. The molecule has 0 saturated carbocycles. The minimum Gasteiger partial charge on any atom is -0.493 e. The van der Waals surface area contributed by atoms with E-state index < -0.39 is 0 Å². The number of methoxy groups -OCH3 is 2. The average Bonchev–Trinajstić information content (AvgIpc) is 2.86. The molecule has 0 N–H and O–H groups in total. The van der Waals surface area contributed by atoms with E-state index in [1.54, 1.807) is 26.2 Å². The lowest BCUT2D eigenvalue weighted by Gasteiger charge is -2.33. The van der Waals surface area contributed by atoms with Crippen LogP contribution in [0.25, 0.3) is 0 Å². The maximum Gasteiger partial charge on any atom is 0.324 e. The van der Waals surface area contributed by atoms with Crippen molar-refractivity contribution in [1.29, 1.82) is 0 Å². The van der Waals surface area contributed by atoms with Crippen LogP contribution in [0.5, 0.6) is 11.5 Å². The molecule has 0 radical (unpaired) electrons. The number of carbonyl (C=O) groups excluding carboxylic acids is 1. The van der Waals surface area contributed by atoms with Gasteiger partial charge in [0, 0.05) is 6.54 Å². The second kappa shape index (κ2) is 12.3. The first-order valence-corrected chi connectivity index (χ1v) is 13.0. The number of ether oxygens (including phenoxy) is 3. The highest BCUT2D eigenvalue weighted by Crippen LogP contribution is 2.32. The van der Waals surface area contributed by atoms with Crippen LogP contribution in [0.15, 0.2) is 42.5 Å². The van der Waals surface area contributed by atoms with Gasteiger partial charge < -0.3 is 14.2 Å². The molecule has 2 aromatic carbocycles. The van der Waals surface area contributed by atoms with Crippen molar-refractivity contribution in [3.05, 3.63) is 59.2 Å². The first-order chi connectivity index (χ1) is 16.0. The van der Waals surface area contributed by atoms with Crippen molar-refractivity contribution < 1.29 is 19.0 Å². The van der Waals surface area contributed by atoms with E-state index in [0.29, 0.717) is 23.8 Å². The summed E-state index contributed by atoms with van der Waals surface area (Å²) in [5.74, 6) is 1.72. The molecular weight excluding hydrogens is 434 g/mol. The van der Waals surface area contributed by atoms with E-state index in [1.165, 1.54) is 5.56 Å². The summed E-state index contributed by atoms with van der Waals surface area (Å²) in [4.78, 5) is 13.3. The summed E-state index contributed by atoms with van der Waals surface area (Å²) in [7, 11) is 3.28. The third kappa shape index (κ3) is 6.67. The van der Waals surface area contributed by atoms with E-state index in [2.05, 4.69) is 42.4 Å². The number of nitrogens with zero attached hydrogens (tertiary/aromatic N) is 1. The molecule has 1 saturated heterocycles. The normalized spacial score (nSPS) is 17.6. The van der Waals surface area contributed by atoms with Gasteiger partial charge in [-0.3, -0.25) is 4.79 Å². The van der Waals surface area contributed by atoms with Gasteiger partial charge in [0.2, 0.25) is 0 Å². The molecule has 1 aliphatic rings. The first-order valence-electron chi connectivity index (χ1n) is 11.8. The number of hydrogen-bond acceptors (Lipinski definition) is 6. The topological polar surface area (TPSA) is 48.0 Å². The maximum absolute atomic E-state index is 13.3. The van der Waals surface area contributed by atoms with Crippen LogP contribution < -0.4 is 9.47 Å². The van der Waals surface area contributed by atoms with Gasteiger partial charge in [0.05, 0.1) is 14.2 Å². The zero-order valence-electron chi connectivity index (χ0n) is 20.5. The molecule has 0 aliphatic carbocycles. The van der Waals surface area contributed by atoms with Gasteiger partial charge in [0.1, 0.15) is 12.1 Å². The van der Waals surface area contributed by atoms with Crippen molar-refractivity contribution in [2.75, 3.05) is 27.0 Å². The Morgan fingerprint density at radius 3 is 2.52 bits per heavy atom. The van der Waals surface area contributed by atoms with Gasteiger partial charge >= 0.3 is 5.97 Å². The minimum atomic E-state index is -0.296. The first kappa shape index (κ1) is 25.4. The Morgan fingerprint density at radius 1 is 1.06 bits per heavy atom. The summed E-state index contributed by atoms with van der Waals surface area (Å²) in [5, 5.41) is 0. The Labute approximate surface area is 202 Å². The van der Waals surface area contributed by atoms with Crippen LogP contribution in [0.4, 0.5) is 0 Å². The van der Waals surface area contributed by atoms with Gasteiger partial charge in [-0.05, 0) is 73.1 Å². The van der Waals surface area contributed by atoms with Gasteiger partial charge in [-0.1, -0.05) is 56.1 Å². The van der Waals surface area contributed by atoms with Crippen LogP contribution in [0.3, 0.4) is 0 Å². The number of aryl methyl sites for hydroxylation is 1. The monoisotopic (exact) mass is 471 g/mol. The smallest absolute Gasteiger partial charge is 0.324 e. The zero-order chi connectivity index (χ0) is 23.8. The Morgan fingerprint density at radius 2 is 1.82 bits per heavy atom. The summed E-state index contributed by atoms with van der Waals surface area (Å²) in [6.07, 6.45) is 6.26. The van der Waals surface area contributed by atoms with E-state index in [9.17, 15) is 4.79 Å². The molecule has 1 fully saturated rings. The fourth-order valence-corrected chi connectivity index (χ4v) is 5.08. The van der Waals surface area contributed by atoms with Crippen molar-refractivity contribution in [2.45, 2.75) is 64.0 Å². The highest BCUT2D eigenvalue weighted by Gasteiger charge is 2.31. The van der Waals surface area contributed by atoms with E-state index in [0.717, 1.165) is 43.4 Å².